The lowest BCUT2D eigenvalue weighted by molar-refractivity contribution is -0.144. The van der Waals surface area contributed by atoms with Crippen molar-refractivity contribution < 1.29 is 19.4 Å². The minimum absolute atomic E-state index is 0.155. The highest BCUT2D eigenvalue weighted by molar-refractivity contribution is 8.14. The topological polar surface area (TPSA) is 79.2 Å². The van der Waals surface area contributed by atoms with Gasteiger partial charge in [-0.15, -0.1) is 11.8 Å². The second kappa shape index (κ2) is 6.42. The Morgan fingerprint density at radius 2 is 2.15 bits per heavy atom. The molecular weight excluding hydrogens is 280 g/mol. The Balaban J connectivity index is 2.07. The van der Waals surface area contributed by atoms with Gasteiger partial charge in [0.2, 0.25) is 6.23 Å². The summed E-state index contributed by atoms with van der Waals surface area (Å²) in [6.45, 7) is 1.48. The third-order valence-electron chi connectivity index (χ3n) is 2.57. The first-order chi connectivity index (χ1) is 9.56. The Bertz CT molecular complexity index is 532. The molecule has 0 spiro atoms. The van der Waals surface area contributed by atoms with Crippen LogP contribution in [0.2, 0.25) is 0 Å². The number of nitrogens with zero attached hydrogens (tertiary/aromatic N) is 2. The number of hydrogen-bond acceptors (Lipinski definition) is 5. The van der Waals surface area contributed by atoms with E-state index in [2.05, 4.69) is 4.99 Å². The molecule has 6 nitrogen and oxygen atoms in total. The minimum atomic E-state index is -1.05. The van der Waals surface area contributed by atoms with Gasteiger partial charge in [0.25, 0.3) is 0 Å². The molecule has 2 rings (SSSR count). The lowest BCUT2D eigenvalue weighted by Crippen LogP contribution is -2.33. The van der Waals surface area contributed by atoms with Crippen LogP contribution in [0.1, 0.15) is 6.92 Å². The Morgan fingerprint density at radius 1 is 1.45 bits per heavy atom. The van der Waals surface area contributed by atoms with Crippen LogP contribution < -0.4 is 4.90 Å². The summed E-state index contributed by atoms with van der Waals surface area (Å²) in [5.74, 6) is 0.135. The van der Waals surface area contributed by atoms with Gasteiger partial charge in [-0.2, -0.15) is 0 Å². The maximum atomic E-state index is 11.3. The van der Waals surface area contributed by atoms with E-state index < -0.39 is 18.3 Å². The maximum Gasteiger partial charge on any atom is 0.412 e. The van der Waals surface area contributed by atoms with Gasteiger partial charge in [0.15, 0.2) is 0 Å². The summed E-state index contributed by atoms with van der Waals surface area (Å²) in [7, 11) is 0. The first-order valence-corrected chi connectivity index (χ1v) is 6.97. The molecule has 0 saturated carbocycles. The largest absolute Gasteiger partial charge is 0.465 e. The molecular formula is C13H14N2O4S. The van der Waals surface area contributed by atoms with E-state index in [9.17, 15) is 14.7 Å². The Hall–Kier alpha value is -2.02. The van der Waals surface area contributed by atoms with Gasteiger partial charge < -0.3 is 9.84 Å². The zero-order chi connectivity index (χ0) is 14.5. The van der Waals surface area contributed by atoms with Crippen molar-refractivity contribution >= 4 is 34.6 Å². The van der Waals surface area contributed by atoms with Crippen molar-refractivity contribution in [3.63, 3.8) is 0 Å². The van der Waals surface area contributed by atoms with E-state index in [4.69, 9.17) is 4.74 Å². The molecule has 1 atom stereocenters. The number of para-hydroxylation sites is 1. The molecule has 7 heteroatoms. The molecule has 1 unspecified atom stereocenters. The molecule has 0 radical (unpaired) electrons. The number of thioether (sulfide) groups is 1. The van der Waals surface area contributed by atoms with Gasteiger partial charge in [0, 0.05) is 12.6 Å². The first kappa shape index (κ1) is 14.4. The van der Waals surface area contributed by atoms with E-state index >= 15 is 0 Å². The van der Waals surface area contributed by atoms with Crippen LogP contribution in [0.4, 0.5) is 10.5 Å². The number of carbonyl (C=O) groups is 2. The summed E-state index contributed by atoms with van der Waals surface area (Å²) in [6.07, 6.45) is -1.56. The zero-order valence-corrected chi connectivity index (χ0v) is 11.7. The number of rotatable bonds is 4. The van der Waals surface area contributed by atoms with Crippen molar-refractivity contribution in [2.75, 3.05) is 17.2 Å². The smallest absolute Gasteiger partial charge is 0.412 e. The van der Waals surface area contributed by atoms with Crippen LogP contribution in [0.25, 0.3) is 0 Å². The van der Waals surface area contributed by atoms with Crippen molar-refractivity contribution in [2.24, 2.45) is 4.99 Å². The second-order valence-electron chi connectivity index (χ2n) is 4.10. The van der Waals surface area contributed by atoms with E-state index in [1.807, 2.05) is 6.07 Å². The quantitative estimate of drug-likeness (QED) is 0.861. The molecule has 1 aromatic carbocycles. The summed E-state index contributed by atoms with van der Waals surface area (Å²) < 4.78 is 4.98. The Kier molecular flexibility index (Phi) is 4.62. The van der Waals surface area contributed by atoms with Crippen molar-refractivity contribution in [3.05, 3.63) is 30.3 Å². The average Bonchev–Trinajstić information content (AvgIpc) is 2.83. The van der Waals surface area contributed by atoms with Crippen molar-refractivity contribution in [1.29, 1.82) is 0 Å². The van der Waals surface area contributed by atoms with Crippen LogP contribution in [0, 0.1) is 0 Å². The monoisotopic (exact) mass is 294 g/mol. The molecule has 1 amide bonds. The van der Waals surface area contributed by atoms with Crippen LogP contribution in [0.15, 0.2) is 35.3 Å². The summed E-state index contributed by atoms with van der Waals surface area (Å²) >= 11 is 1.40. The molecule has 1 aromatic rings. The predicted octanol–water partition coefficient (Wildman–Crippen LogP) is 2.21. The molecule has 106 valence electrons. The number of benzene rings is 1. The van der Waals surface area contributed by atoms with Gasteiger partial charge in [-0.25, -0.2) is 9.79 Å². The van der Waals surface area contributed by atoms with Crippen LogP contribution in [-0.4, -0.2) is 40.7 Å². The van der Waals surface area contributed by atoms with E-state index in [1.165, 1.54) is 23.6 Å². The van der Waals surface area contributed by atoms with E-state index in [-0.39, 0.29) is 6.54 Å². The summed E-state index contributed by atoms with van der Waals surface area (Å²) in [5, 5.41) is 9.92. The lowest BCUT2D eigenvalue weighted by Gasteiger charge is -2.18. The third kappa shape index (κ3) is 3.74. The molecule has 1 N–H and O–H groups in total. The molecule has 0 fully saturated rings. The number of hydrogen-bond donors (Lipinski definition) is 1. The van der Waals surface area contributed by atoms with Gasteiger partial charge in [-0.1, -0.05) is 18.2 Å². The first-order valence-electron chi connectivity index (χ1n) is 5.98. The zero-order valence-electron chi connectivity index (χ0n) is 10.9. The molecule has 0 saturated heterocycles. The van der Waals surface area contributed by atoms with Crippen LogP contribution in [0.3, 0.4) is 0 Å². The summed E-state index contributed by atoms with van der Waals surface area (Å²) in [5.41, 5.74) is 0.583. The number of amides is 1. The lowest BCUT2D eigenvalue weighted by atomic mass is 10.3. The number of esters is 1. The van der Waals surface area contributed by atoms with Crippen LogP contribution in [-0.2, 0) is 9.53 Å². The van der Waals surface area contributed by atoms with E-state index in [0.29, 0.717) is 16.5 Å². The van der Waals surface area contributed by atoms with Crippen molar-refractivity contribution in [3.8, 4) is 0 Å². The minimum Gasteiger partial charge on any atom is -0.465 e. The fourth-order valence-corrected chi connectivity index (χ4v) is 2.64. The predicted molar refractivity (Wildman–Crippen MR) is 77.3 cm³/mol. The molecule has 20 heavy (non-hydrogen) atoms. The molecule has 0 aliphatic carbocycles. The van der Waals surface area contributed by atoms with Crippen LogP contribution >= 0.6 is 11.8 Å². The molecule has 0 bridgehead atoms. The van der Waals surface area contributed by atoms with Crippen molar-refractivity contribution in [2.45, 2.75) is 13.2 Å². The number of ether oxygens (including phenoxy) is 1. The third-order valence-corrected chi connectivity index (χ3v) is 3.59. The highest BCUT2D eigenvalue weighted by Gasteiger charge is 2.24. The normalized spacial score (nSPS) is 17.4. The van der Waals surface area contributed by atoms with Gasteiger partial charge in [-0.3, -0.25) is 9.69 Å². The second-order valence-corrected chi connectivity index (χ2v) is 5.20. The fraction of sp³-hybridized carbons (Fsp3) is 0.308. The maximum absolute atomic E-state index is 11.3. The summed E-state index contributed by atoms with van der Waals surface area (Å²) in [6, 6.07) is 8.81. The highest BCUT2D eigenvalue weighted by atomic mass is 32.2. The number of carboxylic acid groups (broad SMARTS) is 1. The number of anilines is 1. The molecule has 1 aliphatic heterocycles. The Labute approximate surface area is 120 Å². The average molecular weight is 294 g/mol. The number of aliphatic imine (C=N–C) groups is 1. The molecule has 1 aliphatic rings. The Morgan fingerprint density at radius 3 is 2.75 bits per heavy atom. The standard InChI is InChI=1S/C13H14N2O4S/c1-9(16)19-11-8-20-12(14-11)7-15(13(17)18)10-5-3-2-4-6-10/h2-6,11H,7-8H2,1H3,(H,17,18). The van der Waals surface area contributed by atoms with Crippen LogP contribution in [0.5, 0.6) is 0 Å². The van der Waals surface area contributed by atoms with E-state index in [0.717, 1.165) is 0 Å². The molecule has 1 heterocycles. The highest BCUT2D eigenvalue weighted by Crippen LogP contribution is 2.22. The SMILES string of the molecule is CC(=O)OC1CSC(CN(C(=O)O)c2ccccc2)=N1. The summed E-state index contributed by atoms with van der Waals surface area (Å²) in [4.78, 5) is 27.6. The van der Waals surface area contributed by atoms with Gasteiger partial charge in [0.1, 0.15) is 0 Å². The molecule has 0 aromatic heterocycles. The van der Waals surface area contributed by atoms with E-state index in [1.54, 1.807) is 24.3 Å². The van der Waals surface area contributed by atoms with Gasteiger partial charge in [-0.05, 0) is 12.1 Å². The van der Waals surface area contributed by atoms with Gasteiger partial charge in [0.05, 0.1) is 17.3 Å². The van der Waals surface area contributed by atoms with Gasteiger partial charge >= 0.3 is 12.1 Å². The number of carbonyl (C=O) groups excluding carboxylic acids is 1. The van der Waals surface area contributed by atoms with Crippen molar-refractivity contribution in [1.82, 2.24) is 0 Å². The fourth-order valence-electron chi connectivity index (χ4n) is 1.75.